The van der Waals surface area contributed by atoms with E-state index in [-0.39, 0.29) is 17.5 Å². The maximum Gasteiger partial charge on any atom is 0.271 e. The summed E-state index contributed by atoms with van der Waals surface area (Å²) in [5.41, 5.74) is -0.246. The smallest absolute Gasteiger partial charge is 0.271 e. The summed E-state index contributed by atoms with van der Waals surface area (Å²) in [6.45, 7) is 1.15. The summed E-state index contributed by atoms with van der Waals surface area (Å²) in [5.74, 6) is -3.53. The molecule has 0 N–H and O–H groups in total. The van der Waals surface area contributed by atoms with Crippen molar-refractivity contribution in [2.45, 2.75) is 35.9 Å². The average Bonchev–Trinajstić information content (AvgIpc) is 3.41. The second kappa shape index (κ2) is 12.0. The van der Waals surface area contributed by atoms with Crippen LogP contribution in [0.5, 0.6) is 11.5 Å². The molecule has 232 valence electrons. The summed E-state index contributed by atoms with van der Waals surface area (Å²) in [4.78, 5) is 6.27. The third kappa shape index (κ3) is 5.59. The molecule has 2 fully saturated rings. The molecule has 14 heteroatoms. The Morgan fingerprint density at radius 2 is 1.86 bits per heavy atom. The number of ether oxygens (including phenoxy) is 3. The lowest BCUT2D eigenvalue weighted by Crippen LogP contribution is -2.61. The number of sulfonamides is 1. The molecule has 2 unspecified atom stereocenters. The lowest BCUT2D eigenvalue weighted by atomic mass is 9.84. The van der Waals surface area contributed by atoms with Gasteiger partial charge in [-0.3, -0.25) is 0 Å². The number of hydrogen-bond acceptors (Lipinski definition) is 8. The van der Waals surface area contributed by atoms with Crippen molar-refractivity contribution < 1.29 is 35.8 Å². The van der Waals surface area contributed by atoms with Crippen molar-refractivity contribution >= 4 is 33.1 Å². The molecular weight excluding hydrogens is 609 g/mol. The van der Waals surface area contributed by atoms with E-state index in [0.717, 1.165) is 25.1 Å². The van der Waals surface area contributed by atoms with Crippen LogP contribution in [0, 0.1) is 17.6 Å². The maximum atomic E-state index is 16.0. The van der Waals surface area contributed by atoms with Gasteiger partial charge in [-0.1, -0.05) is 17.7 Å². The van der Waals surface area contributed by atoms with Gasteiger partial charge in [0.15, 0.2) is 10.7 Å². The molecule has 3 heterocycles. The minimum Gasteiger partial charge on any atom is -0.497 e. The Hall–Kier alpha value is -3.26. The summed E-state index contributed by atoms with van der Waals surface area (Å²) < 4.78 is 91.2. The first-order chi connectivity index (χ1) is 20.4. The number of halogens is 4. The van der Waals surface area contributed by atoms with Crippen LogP contribution >= 0.6 is 11.6 Å². The number of nitrogens with zero attached hydrogens (tertiary/aromatic N) is 4. The number of benzene rings is 2. The Morgan fingerprint density at radius 3 is 2.47 bits per heavy atom. The third-order valence-corrected chi connectivity index (χ3v) is 10.5. The minimum absolute atomic E-state index is 0.0174. The highest BCUT2D eigenvalue weighted by Crippen LogP contribution is 2.43. The fraction of sp³-hybridized carbons (Fsp3) is 0.414. The van der Waals surface area contributed by atoms with Gasteiger partial charge in [-0.05, 0) is 50.7 Å². The molecule has 2 aliphatic rings. The molecule has 0 amide bonds. The Balaban J connectivity index is 1.55. The molecule has 0 saturated carbocycles. The molecule has 9 nitrogen and oxygen atoms in total. The Kier molecular flexibility index (Phi) is 8.72. The number of likely N-dealkylation sites (N-methyl/N-ethyl adjacent to an activating group) is 1. The molecule has 0 bridgehead atoms. The van der Waals surface area contributed by atoms with Gasteiger partial charge in [0, 0.05) is 43.9 Å². The van der Waals surface area contributed by atoms with Crippen LogP contribution in [0.25, 0.3) is 0 Å². The van der Waals surface area contributed by atoms with E-state index >= 15 is 8.78 Å². The summed E-state index contributed by atoms with van der Waals surface area (Å²) in [6.07, 6.45) is 1.52. The van der Waals surface area contributed by atoms with Crippen molar-refractivity contribution in [2.24, 2.45) is 0 Å². The summed E-state index contributed by atoms with van der Waals surface area (Å²) >= 11 is 6.44. The lowest BCUT2D eigenvalue weighted by Gasteiger charge is -2.48. The predicted octanol–water partition coefficient (Wildman–Crippen LogP) is 4.86. The zero-order valence-electron chi connectivity index (χ0n) is 24.1. The highest BCUT2D eigenvalue weighted by Gasteiger charge is 2.50. The normalized spacial score (nSPS) is 20.7. The van der Waals surface area contributed by atoms with Crippen molar-refractivity contribution in [1.29, 1.82) is 0 Å². The van der Waals surface area contributed by atoms with Gasteiger partial charge in [-0.2, -0.15) is 4.39 Å². The van der Waals surface area contributed by atoms with Gasteiger partial charge >= 0.3 is 0 Å². The van der Waals surface area contributed by atoms with Gasteiger partial charge < -0.3 is 24.0 Å². The molecular formula is C29H32ClF3N4O5S. The Bertz CT molecular complexity index is 1630. The highest BCUT2D eigenvalue weighted by atomic mass is 35.5. The fourth-order valence-electron chi connectivity index (χ4n) is 5.87. The molecule has 0 spiro atoms. The van der Waals surface area contributed by atoms with E-state index in [9.17, 15) is 12.8 Å². The number of aromatic nitrogens is 1. The van der Waals surface area contributed by atoms with E-state index in [1.165, 1.54) is 38.5 Å². The van der Waals surface area contributed by atoms with Crippen molar-refractivity contribution in [3.8, 4) is 11.5 Å². The number of rotatable bonds is 10. The molecule has 0 aliphatic carbocycles. The molecule has 2 aromatic carbocycles. The minimum atomic E-state index is -5.04. The summed E-state index contributed by atoms with van der Waals surface area (Å²) in [6, 6.07) is 9.13. The van der Waals surface area contributed by atoms with Gasteiger partial charge in [-0.25, -0.2) is 26.5 Å². The van der Waals surface area contributed by atoms with Gasteiger partial charge in [0.2, 0.25) is 5.95 Å². The predicted molar refractivity (Wildman–Crippen MR) is 156 cm³/mol. The van der Waals surface area contributed by atoms with Gasteiger partial charge in [0.05, 0.1) is 26.5 Å². The standard InChI is InChI=1S/C29H32ClF3N4O5S/c1-35-12-10-23(35)29(42-4)11-13-36(17-29)21-15-20(31)28(27(33)26(21)30)43(38,39)37(25-7-5-6-24(32)34-25)16-18-8-9-19(40-2)14-22(18)41-3/h5-9,14-15,23H,10-13,16-17H2,1-4H3. The highest BCUT2D eigenvalue weighted by molar-refractivity contribution is 7.92. The third-order valence-electron chi connectivity index (χ3n) is 8.31. The molecule has 43 heavy (non-hydrogen) atoms. The lowest BCUT2D eigenvalue weighted by molar-refractivity contribution is -0.0937. The van der Waals surface area contributed by atoms with Crippen LogP contribution in [0.1, 0.15) is 18.4 Å². The first-order valence-corrected chi connectivity index (χ1v) is 15.3. The van der Waals surface area contributed by atoms with Crippen molar-refractivity contribution in [3.63, 3.8) is 0 Å². The molecule has 2 saturated heterocycles. The molecule has 2 atom stereocenters. The fourth-order valence-corrected chi connectivity index (χ4v) is 7.71. The van der Waals surface area contributed by atoms with Gasteiger partial charge in [0.1, 0.15) is 33.8 Å². The summed E-state index contributed by atoms with van der Waals surface area (Å²) in [5, 5.41) is -0.553. The van der Waals surface area contributed by atoms with Crippen LogP contribution in [-0.4, -0.2) is 78.0 Å². The van der Waals surface area contributed by atoms with Crippen LogP contribution in [-0.2, 0) is 21.3 Å². The largest absolute Gasteiger partial charge is 0.497 e. The van der Waals surface area contributed by atoms with E-state index in [1.807, 2.05) is 7.05 Å². The van der Waals surface area contributed by atoms with Crippen LogP contribution in [0.3, 0.4) is 0 Å². The number of anilines is 2. The van der Waals surface area contributed by atoms with E-state index < -0.39 is 55.5 Å². The van der Waals surface area contributed by atoms with Gasteiger partial charge in [0.25, 0.3) is 10.0 Å². The Labute approximate surface area is 253 Å². The monoisotopic (exact) mass is 640 g/mol. The summed E-state index contributed by atoms with van der Waals surface area (Å²) in [7, 11) is 1.38. The Morgan fingerprint density at radius 1 is 1.09 bits per heavy atom. The zero-order valence-corrected chi connectivity index (χ0v) is 25.7. The van der Waals surface area contributed by atoms with E-state index in [0.29, 0.717) is 35.1 Å². The first-order valence-electron chi connectivity index (χ1n) is 13.5. The number of hydrogen-bond donors (Lipinski definition) is 0. The second-order valence-corrected chi connectivity index (χ2v) is 12.7. The van der Waals surface area contributed by atoms with Crippen LogP contribution in [0.2, 0.25) is 5.02 Å². The number of likely N-dealkylation sites (tertiary alicyclic amines) is 1. The maximum absolute atomic E-state index is 16.0. The van der Waals surface area contributed by atoms with Crippen molar-refractivity contribution in [2.75, 3.05) is 57.2 Å². The first kappa shape index (κ1) is 31.2. The quantitative estimate of drug-likeness (QED) is 0.230. The topological polar surface area (TPSA) is 84.4 Å². The van der Waals surface area contributed by atoms with Crippen molar-refractivity contribution in [1.82, 2.24) is 9.88 Å². The zero-order chi connectivity index (χ0) is 31.1. The molecule has 2 aliphatic heterocycles. The second-order valence-electron chi connectivity index (χ2n) is 10.6. The molecule has 1 aromatic heterocycles. The van der Waals surface area contributed by atoms with E-state index in [1.54, 1.807) is 18.1 Å². The molecule has 3 aromatic rings. The van der Waals surface area contributed by atoms with Crippen molar-refractivity contribution in [3.05, 3.63) is 70.6 Å². The van der Waals surface area contributed by atoms with E-state index in [2.05, 4.69) is 9.88 Å². The van der Waals surface area contributed by atoms with Crippen LogP contribution < -0.4 is 18.7 Å². The molecule has 0 radical (unpaired) electrons. The van der Waals surface area contributed by atoms with Crippen LogP contribution in [0.15, 0.2) is 47.4 Å². The average molecular weight is 641 g/mol. The number of pyridine rings is 1. The SMILES string of the molecule is COc1ccc(CN(c2cccc(F)n2)S(=O)(=O)c2c(F)cc(N3CCC(OC)(C4CCN4C)C3)c(Cl)c2F)c(OC)c1. The number of methoxy groups -OCH3 is 3. The van der Waals surface area contributed by atoms with Gasteiger partial charge in [-0.15, -0.1) is 0 Å². The van der Waals surface area contributed by atoms with Crippen LogP contribution in [0.4, 0.5) is 24.7 Å². The van der Waals surface area contributed by atoms with E-state index in [4.69, 9.17) is 25.8 Å². The molecule has 5 rings (SSSR count).